The number of aromatic nitrogens is 3. The van der Waals surface area contributed by atoms with Gasteiger partial charge < -0.3 is 19.9 Å². The summed E-state index contributed by atoms with van der Waals surface area (Å²) in [5, 5.41) is 20.0. The van der Waals surface area contributed by atoms with Gasteiger partial charge in [-0.3, -0.25) is 4.79 Å². The number of aromatic amines is 1. The third kappa shape index (κ3) is 5.30. The molecule has 4 aromatic rings. The standard InChI is InChI=1S/C32H34N6O2/c33-19-26-17-25(5-4-24(26)16-22-10-14-38(15-11-22)30(40)20-39)31-28-18-29(36-32(28)35-21-34-31)23-6-8-27(9-7-23)37-12-2-1-3-13-37/h4-9,17-18,21-22,39H,1-3,10-16,20H2,(H,34,35,36). The molecule has 8 nitrogen and oxygen atoms in total. The second-order valence-electron chi connectivity index (χ2n) is 10.9. The van der Waals surface area contributed by atoms with Crippen molar-refractivity contribution in [3.05, 3.63) is 66.0 Å². The zero-order valence-electron chi connectivity index (χ0n) is 22.6. The monoisotopic (exact) mass is 534 g/mol. The summed E-state index contributed by atoms with van der Waals surface area (Å²) in [6.07, 6.45) is 7.94. The molecule has 0 aliphatic carbocycles. The average molecular weight is 535 g/mol. The van der Waals surface area contributed by atoms with Crippen molar-refractivity contribution < 1.29 is 9.90 Å². The van der Waals surface area contributed by atoms with Gasteiger partial charge in [-0.05, 0) is 79.8 Å². The van der Waals surface area contributed by atoms with Crippen molar-refractivity contribution in [2.24, 2.45) is 5.92 Å². The summed E-state index contributed by atoms with van der Waals surface area (Å²) in [5.74, 6) is 0.194. The van der Waals surface area contributed by atoms with E-state index in [1.165, 1.54) is 24.9 Å². The van der Waals surface area contributed by atoms with Crippen molar-refractivity contribution in [2.45, 2.75) is 38.5 Å². The molecule has 40 heavy (non-hydrogen) atoms. The van der Waals surface area contributed by atoms with Crippen LogP contribution in [0, 0.1) is 17.2 Å². The van der Waals surface area contributed by atoms with Crippen molar-refractivity contribution in [2.75, 3.05) is 37.7 Å². The van der Waals surface area contributed by atoms with E-state index in [9.17, 15) is 10.1 Å². The molecule has 8 heteroatoms. The van der Waals surface area contributed by atoms with Crippen LogP contribution in [0.4, 0.5) is 5.69 Å². The number of nitrogens with one attached hydrogen (secondary N) is 1. The lowest BCUT2D eigenvalue weighted by Gasteiger charge is -2.31. The summed E-state index contributed by atoms with van der Waals surface area (Å²) in [4.78, 5) is 28.5. The lowest BCUT2D eigenvalue weighted by molar-refractivity contribution is -0.135. The third-order valence-electron chi connectivity index (χ3n) is 8.44. The number of fused-ring (bicyclic) bond motifs is 1. The quantitative estimate of drug-likeness (QED) is 0.363. The fourth-order valence-electron chi connectivity index (χ4n) is 6.13. The van der Waals surface area contributed by atoms with Crippen LogP contribution in [0.15, 0.2) is 54.9 Å². The number of carbonyl (C=O) groups excluding carboxylic acids is 1. The molecule has 2 saturated heterocycles. The number of aliphatic hydroxyl groups is 1. The van der Waals surface area contributed by atoms with Gasteiger partial charge in [0.05, 0.1) is 17.3 Å². The van der Waals surface area contributed by atoms with Crippen LogP contribution in [-0.2, 0) is 11.2 Å². The van der Waals surface area contributed by atoms with Crippen molar-refractivity contribution in [3.63, 3.8) is 0 Å². The Morgan fingerprint density at radius 1 is 0.975 bits per heavy atom. The minimum absolute atomic E-state index is 0.209. The van der Waals surface area contributed by atoms with Crippen LogP contribution in [-0.4, -0.2) is 63.7 Å². The Hall–Kier alpha value is -4.22. The van der Waals surface area contributed by atoms with E-state index in [1.807, 2.05) is 18.2 Å². The maximum atomic E-state index is 11.8. The van der Waals surface area contributed by atoms with E-state index in [-0.39, 0.29) is 5.91 Å². The number of benzene rings is 2. The Morgan fingerprint density at radius 2 is 1.73 bits per heavy atom. The molecule has 2 N–H and O–H groups in total. The van der Waals surface area contributed by atoms with E-state index < -0.39 is 6.61 Å². The molecule has 2 aliphatic rings. The Balaban J connectivity index is 1.22. The molecule has 0 radical (unpaired) electrons. The molecule has 0 atom stereocenters. The zero-order chi connectivity index (χ0) is 27.5. The first-order chi connectivity index (χ1) is 19.6. The Morgan fingerprint density at radius 3 is 2.45 bits per heavy atom. The zero-order valence-corrected chi connectivity index (χ0v) is 22.6. The molecule has 0 saturated carbocycles. The van der Waals surface area contributed by atoms with Crippen molar-refractivity contribution in [3.8, 4) is 28.6 Å². The van der Waals surface area contributed by atoms with Crippen LogP contribution in [0.25, 0.3) is 33.5 Å². The highest BCUT2D eigenvalue weighted by molar-refractivity contribution is 5.94. The largest absolute Gasteiger partial charge is 0.387 e. The number of hydrogen-bond donors (Lipinski definition) is 2. The van der Waals surface area contributed by atoms with Gasteiger partial charge in [0.1, 0.15) is 18.6 Å². The van der Waals surface area contributed by atoms with Crippen LogP contribution in [0.2, 0.25) is 0 Å². The molecular weight excluding hydrogens is 500 g/mol. The molecule has 0 spiro atoms. The Kier molecular flexibility index (Phi) is 7.47. The molecule has 4 heterocycles. The van der Waals surface area contributed by atoms with Crippen LogP contribution in [0.1, 0.15) is 43.2 Å². The lowest BCUT2D eigenvalue weighted by Crippen LogP contribution is -2.40. The summed E-state index contributed by atoms with van der Waals surface area (Å²) in [6, 6.07) is 19.2. The molecule has 2 aliphatic heterocycles. The fourth-order valence-corrected chi connectivity index (χ4v) is 6.13. The summed E-state index contributed by atoms with van der Waals surface area (Å²) in [6.45, 7) is 3.12. The van der Waals surface area contributed by atoms with Gasteiger partial charge in [-0.1, -0.05) is 24.3 Å². The molecule has 2 fully saturated rings. The number of anilines is 1. The van der Waals surface area contributed by atoms with E-state index in [1.54, 1.807) is 11.2 Å². The lowest BCUT2D eigenvalue weighted by atomic mass is 9.87. The molecule has 6 rings (SSSR count). The summed E-state index contributed by atoms with van der Waals surface area (Å²) in [5.41, 5.74) is 7.50. The normalized spacial score (nSPS) is 16.3. The molecule has 0 unspecified atom stereocenters. The van der Waals surface area contributed by atoms with Crippen LogP contribution >= 0.6 is 0 Å². The smallest absolute Gasteiger partial charge is 0.248 e. The first kappa shape index (κ1) is 26.0. The first-order valence-electron chi connectivity index (χ1n) is 14.2. The highest BCUT2D eigenvalue weighted by Crippen LogP contribution is 2.33. The summed E-state index contributed by atoms with van der Waals surface area (Å²) < 4.78 is 0. The Bertz CT molecular complexity index is 1540. The molecular formula is C32H34N6O2. The SMILES string of the molecule is N#Cc1cc(-c2ncnc3[nH]c(-c4ccc(N5CCCCC5)cc4)cc23)ccc1CC1CCN(C(=O)CO)CC1. The fraction of sp³-hybridized carbons (Fsp3) is 0.375. The molecule has 1 amide bonds. The van der Waals surface area contributed by atoms with Crippen molar-refractivity contribution in [1.29, 1.82) is 5.26 Å². The summed E-state index contributed by atoms with van der Waals surface area (Å²) in [7, 11) is 0. The molecule has 204 valence electrons. The number of piperidine rings is 2. The number of amides is 1. The summed E-state index contributed by atoms with van der Waals surface area (Å²) >= 11 is 0. The minimum Gasteiger partial charge on any atom is -0.387 e. The third-order valence-corrected chi connectivity index (χ3v) is 8.44. The predicted molar refractivity (Wildman–Crippen MR) is 156 cm³/mol. The van der Waals surface area contributed by atoms with Gasteiger partial charge >= 0.3 is 0 Å². The minimum atomic E-state index is -0.436. The van der Waals surface area contributed by atoms with E-state index in [0.29, 0.717) is 24.6 Å². The van der Waals surface area contributed by atoms with Gasteiger partial charge in [-0.25, -0.2) is 9.97 Å². The van der Waals surface area contributed by atoms with E-state index in [4.69, 9.17) is 5.11 Å². The molecule has 0 bridgehead atoms. The van der Waals surface area contributed by atoms with Gasteiger partial charge in [-0.15, -0.1) is 0 Å². The Labute approximate surface area is 234 Å². The number of likely N-dealkylation sites (tertiary alicyclic amines) is 1. The van der Waals surface area contributed by atoms with Crippen LogP contribution in [0.3, 0.4) is 0 Å². The first-order valence-corrected chi connectivity index (χ1v) is 14.2. The van der Waals surface area contributed by atoms with Crippen LogP contribution in [0.5, 0.6) is 0 Å². The van der Waals surface area contributed by atoms with Gasteiger partial charge in [0, 0.05) is 48.5 Å². The molecule has 2 aromatic heterocycles. The predicted octanol–water partition coefficient (Wildman–Crippen LogP) is 4.93. The number of nitriles is 1. The number of aliphatic hydroxyl groups excluding tert-OH is 1. The number of nitrogens with zero attached hydrogens (tertiary/aromatic N) is 5. The van der Waals surface area contributed by atoms with Gasteiger partial charge in [0.15, 0.2) is 0 Å². The molecule has 2 aromatic carbocycles. The average Bonchev–Trinajstić information content (AvgIpc) is 3.46. The van der Waals surface area contributed by atoms with Crippen molar-refractivity contribution >= 4 is 22.6 Å². The highest BCUT2D eigenvalue weighted by Gasteiger charge is 2.23. The van der Waals surface area contributed by atoms with Gasteiger partial charge in [0.25, 0.3) is 0 Å². The van der Waals surface area contributed by atoms with E-state index >= 15 is 0 Å². The van der Waals surface area contributed by atoms with E-state index in [0.717, 1.165) is 71.5 Å². The van der Waals surface area contributed by atoms with Gasteiger partial charge in [0.2, 0.25) is 5.91 Å². The number of H-pyrrole nitrogens is 1. The number of carbonyl (C=O) groups is 1. The second kappa shape index (κ2) is 11.5. The topological polar surface area (TPSA) is 109 Å². The number of hydrogen-bond acceptors (Lipinski definition) is 6. The maximum absolute atomic E-state index is 11.8. The van der Waals surface area contributed by atoms with Crippen molar-refractivity contribution in [1.82, 2.24) is 19.9 Å². The van der Waals surface area contributed by atoms with E-state index in [2.05, 4.69) is 56.3 Å². The highest BCUT2D eigenvalue weighted by atomic mass is 16.3. The maximum Gasteiger partial charge on any atom is 0.248 e. The second-order valence-corrected chi connectivity index (χ2v) is 10.9. The number of rotatable bonds is 6. The van der Waals surface area contributed by atoms with Crippen LogP contribution < -0.4 is 4.90 Å². The van der Waals surface area contributed by atoms with Gasteiger partial charge in [-0.2, -0.15) is 5.26 Å².